The summed E-state index contributed by atoms with van der Waals surface area (Å²) in [6.45, 7) is 2.68. The van der Waals surface area contributed by atoms with E-state index in [4.69, 9.17) is 0 Å². The molecule has 1 unspecified atom stereocenters. The van der Waals surface area contributed by atoms with E-state index in [1.165, 1.54) is 0 Å². The van der Waals surface area contributed by atoms with Crippen molar-refractivity contribution in [1.82, 2.24) is 15.2 Å². The number of rotatable bonds is 7. The maximum absolute atomic E-state index is 12.8. The van der Waals surface area contributed by atoms with Gasteiger partial charge in [-0.25, -0.2) is 0 Å². The van der Waals surface area contributed by atoms with Gasteiger partial charge in [-0.1, -0.05) is 35.7 Å². The standard InChI is InChI=1S/C26H31N3O2/c1-29(2)15-12-26(31,24-9-5-7-20-6-3-4-8-23(20)24)17-21-16-22(18-28-25(21)30)19-10-13-27-14-11-19/h3-4,6-8,16,18-19,27,31H,10-15,17H2,1-2H3,(H,28,30). The number of piperidine rings is 1. The van der Waals surface area contributed by atoms with Gasteiger partial charge in [-0.3, -0.25) is 4.79 Å². The Hall–Kier alpha value is -2.65. The van der Waals surface area contributed by atoms with Crippen LogP contribution in [0.15, 0.2) is 52.8 Å². The van der Waals surface area contributed by atoms with Crippen molar-refractivity contribution in [3.63, 3.8) is 0 Å². The molecule has 1 aliphatic carbocycles. The molecule has 2 heterocycles. The number of H-pyrrole nitrogens is 1. The molecule has 0 spiro atoms. The van der Waals surface area contributed by atoms with E-state index in [0.717, 1.165) is 42.6 Å². The first-order valence-electron chi connectivity index (χ1n) is 11.1. The van der Waals surface area contributed by atoms with E-state index in [1.807, 2.05) is 56.7 Å². The van der Waals surface area contributed by atoms with Gasteiger partial charge in [0.25, 0.3) is 5.56 Å². The molecule has 0 amide bonds. The van der Waals surface area contributed by atoms with Crippen LogP contribution in [-0.2, 0) is 6.42 Å². The Bertz CT molecular complexity index is 1100. The lowest BCUT2D eigenvalue weighted by molar-refractivity contribution is 0.0834. The third-order valence-corrected chi connectivity index (χ3v) is 6.39. The Morgan fingerprint density at radius 1 is 1.23 bits per heavy atom. The van der Waals surface area contributed by atoms with Crippen LogP contribution in [0.1, 0.15) is 47.4 Å². The molecular weight excluding hydrogens is 386 g/mol. The van der Waals surface area contributed by atoms with Crippen molar-refractivity contribution >= 4 is 11.6 Å². The summed E-state index contributed by atoms with van der Waals surface area (Å²) in [5.74, 6) is 0.434. The number of aliphatic hydroxyl groups is 1. The van der Waals surface area contributed by atoms with E-state index in [9.17, 15) is 9.90 Å². The summed E-state index contributed by atoms with van der Waals surface area (Å²) in [7, 11) is 3.98. The van der Waals surface area contributed by atoms with Crippen molar-refractivity contribution in [3.05, 3.63) is 80.6 Å². The molecule has 1 atom stereocenters. The normalized spacial score (nSPS) is 18.0. The van der Waals surface area contributed by atoms with E-state index in [2.05, 4.69) is 26.7 Å². The molecule has 1 aromatic carbocycles. The summed E-state index contributed by atoms with van der Waals surface area (Å²) in [6.07, 6.45) is 6.59. The van der Waals surface area contributed by atoms with Gasteiger partial charge in [-0.2, -0.15) is 0 Å². The van der Waals surface area contributed by atoms with Crippen LogP contribution in [0.5, 0.6) is 0 Å². The highest BCUT2D eigenvalue weighted by Gasteiger charge is 2.35. The molecule has 2 aliphatic rings. The molecule has 1 saturated heterocycles. The minimum Gasteiger partial charge on any atom is -0.384 e. The summed E-state index contributed by atoms with van der Waals surface area (Å²) in [5.41, 5.74) is 9.34. The van der Waals surface area contributed by atoms with Crippen molar-refractivity contribution in [1.29, 1.82) is 0 Å². The van der Waals surface area contributed by atoms with E-state index in [-0.39, 0.29) is 12.0 Å². The largest absolute Gasteiger partial charge is 0.384 e. The first-order valence-corrected chi connectivity index (χ1v) is 11.1. The fourth-order valence-electron chi connectivity index (χ4n) is 4.57. The highest BCUT2D eigenvalue weighted by atomic mass is 16.3. The zero-order chi connectivity index (χ0) is 21.8. The van der Waals surface area contributed by atoms with Crippen LogP contribution < -0.4 is 10.9 Å². The van der Waals surface area contributed by atoms with Crippen molar-refractivity contribution in [2.45, 2.75) is 37.2 Å². The molecule has 162 valence electrons. The van der Waals surface area contributed by atoms with Gasteiger partial charge in [0.1, 0.15) is 5.60 Å². The number of aromatic nitrogens is 1. The number of pyridine rings is 1. The Balaban J connectivity index is 1.72. The molecule has 0 saturated carbocycles. The predicted octanol–water partition coefficient (Wildman–Crippen LogP) is 2.93. The van der Waals surface area contributed by atoms with Crippen molar-refractivity contribution in [2.24, 2.45) is 0 Å². The number of hydrogen-bond acceptors (Lipinski definition) is 4. The zero-order valence-electron chi connectivity index (χ0n) is 18.4. The van der Waals surface area contributed by atoms with Crippen LogP contribution in [-0.4, -0.2) is 54.3 Å². The maximum Gasteiger partial charge on any atom is 0.251 e. The Morgan fingerprint density at radius 2 is 2.00 bits per heavy atom. The second-order valence-electron chi connectivity index (χ2n) is 8.95. The predicted molar refractivity (Wildman–Crippen MR) is 125 cm³/mol. The molecule has 4 rings (SSSR count). The lowest BCUT2D eigenvalue weighted by Gasteiger charge is -2.32. The molecule has 0 radical (unpaired) electrons. The molecule has 5 nitrogen and oxygen atoms in total. The van der Waals surface area contributed by atoms with E-state index in [0.29, 0.717) is 30.0 Å². The number of nitrogens with one attached hydrogen (secondary N) is 2. The Kier molecular flexibility index (Phi) is 6.43. The minimum atomic E-state index is -1.22. The van der Waals surface area contributed by atoms with Crippen LogP contribution in [0.25, 0.3) is 11.6 Å². The van der Waals surface area contributed by atoms with Gasteiger partial charge in [0.05, 0.1) is 0 Å². The van der Waals surface area contributed by atoms with Crippen molar-refractivity contribution < 1.29 is 5.11 Å². The fraction of sp³-hybridized carbons (Fsp3) is 0.423. The average Bonchev–Trinajstić information content (AvgIpc) is 2.79. The number of aromatic amines is 1. The van der Waals surface area contributed by atoms with Crippen molar-refractivity contribution in [2.75, 3.05) is 33.7 Å². The summed E-state index contributed by atoms with van der Waals surface area (Å²) >= 11 is 0. The van der Waals surface area contributed by atoms with Crippen LogP contribution in [0.3, 0.4) is 0 Å². The van der Waals surface area contributed by atoms with Gasteiger partial charge in [0.2, 0.25) is 0 Å². The average molecular weight is 418 g/mol. The van der Waals surface area contributed by atoms with Crippen LogP contribution in [0, 0.1) is 0 Å². The molecule has 1 aromatic heterocycles. The first-order chi connectivity index (χ1) is 15.0. The highest BCUT2D eigenvalue weighted by molar-refractivity contribution is 5.81. The third kappa shape index (κ3) is 4.83. The molecule has 3 N–H and O–H groups in total. The van der Waals surface area contributed by atoms with E-state index in [1.54, 1.807) is 0 Å². The molecule has 1 fully saturated rings. The number of benzene rings is 1. The number of fused-ring (bicyclic) bond motifs is 1. The molecule has 31 heavy (non-hydrogen) atoms. The zero-order valence-corrected chi connectivity index (χ0v) is 18.4. The first kappa shape index (κ1) is 21.6. The van der Waals surface area contributed by atoms with Crippen molar-refractivity contribution in [3.8, 4) is 0 Å². The summed E-state index contributed by atoms with van der Waals surface area (Å²) in [6, 6.07) is 9.97. The molecule has 1 aliphatic heterocycles. The van der Waals surface area contributed by atoms with Crippen LogP contribution in [0.2, 0.25) is 0 Å². The molecule has 5 heteroatoms. The van der Waals surface area contributed by atoms with Gasteiger partial charge in [-0.05, 0) is 81.2 Å². The van der Waals surface area contributed by atoms with E-state index < -0.39 is 5.60 Å². The smallest absolute Gasteiger partial charge is 0.251 e. The quantitative estimate of drug-likeness (QED) is 0.606. The topological polar surface area (TPSA) is 68.4 Å². The van der Waals surface area contributed by atoms with Crippen LogP contribution in [0.4, 0.5) is 0 Å². The summed E-state index contributed by atoms with van der Waals surface area (Å²) in [4.78, 5) is 17.7. The van der Waals surface area contributed by atoms with Gasteiger partial charge >= 0.3 is 0 Å². The second kappa shape index (κ2) is 9.23. The summed E-state index contributed by atoms with van der Waals surface area (Å²) < 4.78 is 0. The molecule has 2 aromatic rings. The maximum atomic E-state index is 12.8. The van der Waals surface area contributed by atoms with Gasteiger partial charge in [0.15, 0.2) is 0 Å². The Labute approximate surface area is 183 Å². The van der Waals surface area contributed by atoms with Crippen LogP contribution >= 0.6 is 0 Å². The van der Waals surface area contributed by atoms with E-state index >= 15 is 0 Å². The van der Waals surface area contributed by atoms with Gasteiger partial charge in [-0.15, -0.1) is 0 Å². The highest BCUT2D eigenvalue weighted by Crippen LogP contribution is 2.36. The fourth-order valence-corrected chi connectivity index (χ4v) is 4.57. The number of nitrogens with zero attached hydrogens (tertiary/aromatic N) is 1. The Morgan fingerprint density at radius 3 is 2.77 bits per heavy atom. The van der Waals surface area contributed by atoms with Gasteiger partial charge < -0.3 is 20.3 Å². The second-order valence-corrected chi connectivity index (χ2v) is 8.95. The monoisotopic (exact) mass is 417 g/mol. The molecular formula is C26H31N3O2. The lowest BCUT2D eigenvalue weighted by atomic mass is 9.78. The third-order valence-electron chi connectivity index (χ3n) is 6.39. The summed E-state index contributed by atoms with van der Waals surface area (Å²) in [5, 5.41) is 15.4. The lowest BCUT2D eigenvalue weighted by Crippen LogP contribution is -2.38. The SMILES string of the molecule is CN(C)CCC(O)(Cc1cc(C2CCNCC2)c[nH]c1=O)C1=C=C=Cc2ccccc21. The van der Waals surface area contributed by atoms with Gasteiger partial charge in [0, 0.05) is 30.3 Å². The number of hydrogen-bond donors (Lipinski definition) is 3. The molecule has 0 bridgehead atoms. The minimum absolute atomic E-state index is 0.134.